The standard InChI is InChI=1S/C15H14N2O2/c16-12-3-4-13(14(17)6-12)15(18)9-1-2-10-7-19-8-11(10)5-9/h1-6H,7-8,16-17H2. The Kier molecular flexibility index (Phi) is 2.72. The van der Waals surface area contributed by atoms with Gasteiger partial charge in [0.1, 0.15) is 0 Å². The van der Waals surface area contributed by atoms with Crippen molar-refractivity contribution in [2.24, 2.45) is 0 Å². The Labute approximate surface area is 111 Å². The first kappa shape index (κ1) is 11.7. The molecule has 1 aliphatic heterocycles. The summed E-state index contributed by atoms with van der Waals surface area (Å²) in [4.78, 5) is 12.4. The molecule has 4 nitrogen and oxygen atoms in total. The van der Waals surface area contributed by atoms with E-state index in [2.05, 4.69) is 0 Å². The molecule has 0 spiro atoms. The van der Waals surface area contributed by atoms with Crippen LogP contribution in [0.4, 0.5) is 11.4 Å². The van der Waals surface area contributed by atoms with Gasteiger partial charge >= 0.3 is 0 Å². The van der Waals surface area contributed by atoms with Gasteiger partial charge in [0.2, 0.25) is 0 Å². The van der Waals surface area contributed by atoms with E-state index in [1.807, 2.05) is 18.2 Å². The zero-order valence-electron chi connectivity index (χ0n) is 10.3. The zero-order chi connectivity index (χ0) is 13.4. The molecule has 19 heavy (non-hydrogen) atoms. The number of nitrogen functional groups attached to an aromatic ring is 2. The predicted molar refractivity (Wildman–Crippen MR) is 73.6 cm³/mol. The van der Waals surface area contributed by atoms with Crippen LogP contribution in [-0.4, -0.2) is 5.78 Å². The highest BCUT2D eigenvalue weighted by atomic mass is 16.5. The van der Waals surface area contributed by atoms with Crippen LogP contribution in [0, 0.1) is 0 Å². The van der Waals surface area contributed by atoms with Crippen LogP contribution in [0.3, 0.4) is 0 Å². The smallest absolute Gasteiger partial charge is 0.195 e. The molecule has 4 N–H and O–H groups in total. The number of hydrogen-bond donors (Lipinski definition) is 2. The monoisotopic (exact) mass is 254 g/mol. The number of benzene rings is 2. The molecule has 0 saturated carbocycles. The van der Waals surface area contributed by atoms with Crippen LogP contribution in [0.1, 0.15) is 27.0 Å². The van der Waals surface area contributed by atoms with E-state index in [4.69, 9.17) is 16.2 Å². The van der Waals surface area contributed by atoms with E-state index in [0.29, 0.717) is 35.7 Å². The first-order valence-corrected chi connectivity index (χ1v) is 6.04. The van der Waals surface area contributed by atoms with Crippen LogP contribution < -0.4 is 11.5 Å². The van der Waals surface area contributed by atoms with Gasteiger partial charge < -0.3 is 16.2 Å². The van der Waals surface area contributed by atoms with Gasteiger partial charge in [-0.15, -0.1) is 0 Å². The summed E-state index contributed by atoms with van der Waals surface area (Å²) in [6.45, 7) is 1.18. The van der Waals surface area contributed by atoms with E-state index >= 15 is 0 Å². The Hall–Kier alpha value is -2.33. The number of rotatable bonds is 2. The largest absolute Gasteiger partial charge is 0.399 e. The maximum absolute atomic E-state index is 12.4. The first-order valence-electron chi connectivity index (χ1n) is 6.04. The summed E-state index contributed by atoms with van der Waals surface area (Å²) < 4.78 is 5.34. The molecule has 0 fully saturated rings. The van der Waals surface area contributed by atoms with Gasteiger partial charge in [0.25, 0.3) is 0 Å². The fourth-order valence-corrected chi connectivity index (χ4v) is 2.26. The number of ketones is 1. The van der Waals surface area contributed by atoms with Gasteiger partial charge in [0, 0.05) is 22.5 Å². The van der Waals surface area contributed by atoms with Crippen molar-refractivity contribution in [1.29, 1.82) is 0 Å². The highest BCUT2D eigenvalue weighted by Crippen LogP contribution is 2.24. The zero-order valence-corrected chi connectivity index (χ0v) is 10.3. The molecule has 0 aromatic heterocycles. The molecule has 2 aromatic carbocycles. The molecule has 0 unspecified atom stereocenters. The third-order valence-electron chi connectivity index (χ3n) is 3.30. The fourth-order valence-electron chi connectivity index (χ4n) is 2.26. The normalized spacial score (nSPS) is 13.3. The van der Waals surface area contributed by atoms with E-state index in [1.54, 1.807) is 18.2 Å². The summed E-state index contributed by atoms with van der Waals surface area (Å²) in [5, 5.41) is 0. The number of hydrogen-bond acceptors (Lipinski definition) is 4. The first-order chi connectivity index (χ1) is 9.15. The van der Waals surface area contributed by atoms with Crippen molar-refractivity contribution in [2.75, 3.05) is 11.5 Å². The lowest BCUT2D eigenvalue weighted by Crippen LogP contribution is -2.06. The maximum Gasteiger partial charge on any atom is 0.195 e. The van der Waals surface area contributed by atoms with Crippen molar-refractivity contribution in [1.82, 2.24) is 0 Å². The van der Waals surface area contributed by atoms with Gasteiger partial charge in [-0.05, 0) is 35.4 Å². The Bertz CT molecular complexity index is 665. The molecule has 0 bridgehead atoms. The van der Waals surface area contributed by atoms with Crippen LogP contribution in [0.15, 0.2) is 36.4 Å². The number of anilines is 2. The van der Waals surface area contributed by atoms with E-state index < -0.39 is 0 Å². The highest BCUT2D eigenvalue weighted by molar-refractivity contribution is 6.12. The molecule has 1 heterocycles. The minimum atomic E-state index is -0.0906. The Morgan fingerprint density at radius 3 is 2.58 bits per heavy atom. The minimum Gasteiger partial charge on any atom is -0.399 e. The van der Waals surface area contributed by atoms with Crippen molar-refractivity contribution in [3.8, 4) is 0 Å². The average Bonchev–Trinajstić information content (AvgIpc) is 2.85. The summed E-state index contributed by atoms with van der Waals surface area (Å²) in [5.41, 5.74) is 15.8. The molecule has 0 aliphatic carbocycles. The van der Waals surface area contributed by atoms with Crippen LogP contribution in [0.25, 0.3) is 0 Å². The van der Waals surface area contributed by atoms with Gasteiger partial charge in [-0.25, -0.2) is 0 Å². The van der Waals surface area contributed by atoms with E-state index in [0.717, 1.165) is 11.1 Å². The SMILES string of the molecule is Nc1ccc(C(=O)c2ccc3c(c2)COC3)c(N)c1. The van der Waals surface area contributed by atoms with Gasteiger partial charge in [0.05, 0.1) is 13.2 Å². The summed E-state index contributed by atoms with van der Waals surface area (Å²) >= 11 is 0. The van der Waals surface area contributed by atoms with E-state index in [9.17, 15) is 4.79 Å². The lowest BCUT2D eigenvalue weighted by Gasteiger charge is -2.07. The van der Waals surface area contributed by atoms with Gasteiger partial charge in [-0.3, -0.25) is 4.79 Å². The topological polar surface area (TPSA) is 78.3 Å². The van der Waals surface area contributed by atoms with E-state index in [1.165, 1.54) is 0 Å². The molecule has 1 aliphatic rings. The number of nitrogens with two attached hydrogens (primary N) is 2. The molecule has 4 heteroatoms. The number of fused-ring (bicyclic) bond motifs is 1. The van der Waals surface area contributed by atoms with Crippen molar-refractivity contribution < 1.29 is 9.53 Å². The molecule has 96 valence electrons. The molecular weight excluding hydrogens is 240 g/mol. The second-order valence-electron chi connectivity index (χ2n) is 4.65. The summed E-state index contributed by atoms with van der Waals surface area (Å²) in [6, 6.07) is 10.6. The van der Waals surface area contributed by atoms with Crippen LogP contribution in [0.2, 0.25) is 0 Å². The molecular formula is C15H14N2O2. The van der Waals surface area contributed by atoms with Crippen LogP contribution in [0.5, 0.6) is 0 Å². The highest BCUT2D eigenvalue weighted by Gasteiger charge is 2.17. The van der Waals surface area contributed by atoms with Gasteiger partial charge in [-0.2, -0.15) is 0 Å². The Balaban J connectivity index is 2.00. The third kappa shape index (κ3) is 2.06. The fraction of sp³-hybridized carbons (Fsp3) is 0.133. The summed E-state index contributed by atoms with van der Waals surface area (Å²) in [6.07, 6.45) is 0. The second kappa shape index (κ2) is 4.40. The number of carbonyl (C=O) groups is 1. The van der Waals surface area contributed by atoms with Crippen molar-refractivity contribution >= 4 is 17.2 Å². The second-order valence-corrected chi connectivity index (χ2v) is 4.65. The average molecular weight is 254 g/mol. The lowest BCUT2D eigenvalue weighted by atomic mass is 9.98. The van der Waals surface area contributed by atoms with Crippen LogP contribution in [-0.2, 0) is 18.0 Å². The van der Waals surface area contributed by atoms with Gasteiger partial charge in [0.15, 0.2) is 5.78 Å². The Morgan fingerprint density at radius 2 is 1.79 bits per heavy atom. The predicted octanol–water partition coefficient (Wildman–Crippen LogP) is 2.11. The molecule has 0 amide bonds. The van der Waals surface area contributed by atoms with Crippen molar-refractivity contribution in [3.05, 3.63) is 58.7 Å². The van der Waals surface area contributed by atoms with Crippen LogP contribution >= 0.6 is 0 Å². The summed E-state index contributed by atoms with van der Waals surface area (Å²) in [7, 11) is 0. The molecule has 3 rings (SSSR count). The Morgan fingerprint density at radius 1 is 1.00 bits per heavy atom. The maximum atomic E-state index is 12.4. The molecule has 0 saturated heterocycles. The summed E-state index contributed by atoms with van der Waals surface area (Å²) in [5.74, 6) is -0.0906. The quantitative estimate of drug-likeness (QED) is 0.635. The minimum absolute atomic E-state index is 0.0906. The van der Waals surface area contributed by atoms with Crippen molar-refractivity contribution in [2.45, 2.75) is 13.2 Å². The van der Waals surface area contributed by atoms with Gasteiger partial charge in [-0.1, -0.05) is 12.1 Å². The lowest BCUT2D eigenvalue weighted by molar-refractivity contribution is 0.103. The van der Waals surface area contributed by atoms with Crippen molar-refractivity contribution in [3.63, 3.8) is 0 Å². The molecule has 2 aromatic rings. The number of ether oxygens (including phenoxy) is 1. The van der Waals surface area contributed by atoms with E-state index in [-0.39, 0.29) is 5.78 Å². The third-order valence-corrected chi connectivity index (χ3v) is 3.30. The number of carbonyl (C=O) groups excluding carboxylic acids is 1. The molecule has 0 atom stereocenters. The molecule has 0 radical (unpaired) electrons.